The third kappa shape index (κ3) is 4.16. The Morgan fingerprint density at radius 1 is 1.17 bits per heavy atom. The molecule has 0 saturated carbocycles. The first-order valence-electron chi connectivity index (χ1n) is 8.31. The summed E-state index contributed by atoms with van der Waals surface area (Å²) in [6.07, 6.45) is 2.50. The largest absolute Gasteiger partial charge is 0.496 e. The Bertz CT molecular complexity index is 503. The molecule has 0 bridgehead atoms. The zero-order valence-corrected chi connectivity index (χ0v) is 14.6. The van der Waals surface area contributed by atoms with Gasteiger partial charge in [0.15, 0.2) is 0 Å². The van der Waals surface area contributed by atoms with E-state index in [0.717, 1.165) is 13.1 Å². The van der Waals surface area contributed by atoms with Gasteiger partial charge in [-0.2, -0.15) is 0 Å². The third-order valence-corrected chi connectivity index (χ3v) is 4.51. The van der Waals surface area contributed by atoms with E-state index in [-0.39, 0.29) is 5.91 Å². The molecule has 1 aromatic carbocycles. The predicted octanol–water partition coefficient (Wildman–Crippen LogP) is 2.55. The first-order valence-corrected chi connectivity index (χ1v) is 8.31. The number of benzene rings is 1. The fourth-order valence-electron chi connectivity index (χ4n) is 3.22. The maximum Gasteiger partial charge on any atom is 0.258 e. The number of hydrogen-bond donors (Lipinski definition) is 1. The molecular formula is C18H28N2O3. The van der Waals surface area contributed by atoms with Crippen LogP contribution in [0.5, 0.6) is 11.5 Å². The molecule has 0 spiro atoms. The minimum Gasteiger partial charge on any atom is -0.496 e. The number of methoxy groups -OCH3 is 2. The van der Waals surface area contributed by atoms with Gasteiger partial charge in [0.1, 0.15) is 17.1 Å². The van der Waals surface area contributed by atoms with Crippen LogP contribution in [0.4, 0.5) is 0 Å². The number of carbonyl (C=O) groups is 1. The van der Waals surface area contributed by atoms with Crippen molar-refractivity contribution in [3.8, 4) is 11.5 Å². The van der Waals surface area contributed by atoms with Crippen molar-refractivity contribution in [2.45, 2.75) is 32.7 Å². The van der Waals surface area contributed by atoms with Crippen LogP contribution in [0.15, 0.2) is 18.2 Å². The van der Waals surface area contributed by atoms with Gasteiger partial charge in [-0.1, -0.05) is 19.9 Å². The highest BCUT2D eigenvalue weighted by molar-refractivity contribution is 5.99. The minimum absolute atomic E-state index is 0.149. The fraction of sp³-hybridized carbons (Fsp3) is 0.611. The van der Waals surface area contributed by atoms with Crippen molar-refractivity contribution in [3.05, 3.63) is 23.8 Å². The summed E-state index contributed by atoms with van der Waals surface area (Å²) in [6.45, 7) is 7.29. The summed E-state index contributed by atoms with van der Waals surface area (Å²) >= 11 is 0. The van der Waals surface area contributed by atoms with Gasteiger partial charge < -0.3 is 14.8 Å². The predicted molar refractivity (Wildman–Crippen MR) is 91.3 cm³/mol. The molecule has 1 aromatic rings. The summed E-state index contributed by atoms with van der Waals surface area (Å²) in [4.78, 5) is 15.1. The van der Waals surface area contributed by atoms with Gasteiger partial charge in [-0.05, 0) is 44.0 Å². The molecular weight excluding hydrogens is 292 g/mol. The van der Waals surface area contributed by atoms with Crippen LogP contribution in [-0.2, 0) is 0 Å². The molecule has 1 unspecified atom stereocenters. The molecule has 1 fully saturated rings. The number of ether oxygens (including phenoxy) is 2. The van der Waals surface area contributed by atoms with Gasteiger partial charge in [0.2, 0.25) is 0 Å². The van der Waals surface area contributed by atoms with Gasteiger partial charge in [-0.3, -0.25) is 9.69 Å². The quantitative estimate of drug-likeness (QED) is 0.839. The molecule has 0 aromatic heterocycles. The van der Waals surface area contributed by atoms with E-state index in [1.807, 2.05) is 6.07 Å². The smallest absolute Gasteiger partial charge is 0.258 e. The Labute approximate surface area is 139 Å². The lowest BCUT2D eigenvalue weighted by Crippen LogP contribution is -2.45. The van der Waals surface area contributed by atoms with E-state index in [9.17, 15) is 4.79 Å². The third-order valence-electron chi connectivity index (χ3n) is 4.51. The molecule has 1 aliphatic rings. The summed E-state index contributed by atoms with van der Waals surface area (Å²) in [5, 5.41) is 3.07. The van der Waals surface area contributed by atoms with Crippen molar-refractivity contribution >= 4 is 5.91 Å². The zero-order chi connectivity index (χ0) is 16.8. The highest BCUT2D eigenvalue weighted by Crippen LogP contribution is 2.28. The summed E-state index contributed by atoms with van der Waals surface area (Å²) in [7, 11) is 3.12. The standard InChI is InChI=1S/C18H28N2O3/c1-13(2)14(20-10-5-6-11-20)12-19-18(21)17-15(22-3)8-7-9-16(17)23-4/h7-9,13-14H,5-6,10-12H2,1-4H3,(H,19,21). The summed E-state index contributed by atoms with van der Waals surface area (Å²) in [5.41, 5.74) is 0.460. The van der Waals surface area contributed by atoms with Crippen molar-refractivity contribution in [2.75, 3.05) is 33.9 Å². The Kier molecular flexibility index (Phi) is 6.28. The van der Waals surface area contributed by atoms with Crippen LogP contribution in [0.25, 0.3) is 0 Å². The average Bonchev–Trinajstić information content (AvgIpc) is 3.07. The number of hydrogen-bond acceptors (Lipinski definition) is 4. The van der Waals surface area contributed by atoms with Crippen LogP contribution in [-0.4, -0.2) is 50.7 Å². The van der Waals surface area contributed by atoms with Crippen molar-refractivity contribution < 1.29 is 14.3 Å². The first kappa shape index (κ1) is 17.6. The van der Waals surface area contributed by atoms with Gasteiger partial charge in [0.25, 0.3) is 5.91 Å². The molecule has 1 atom stereocenters. The summed E-state index contributed by atoms with van der Waals surface area (Å²) in [6, 6.07) is 5.73. The van der Waals surface area contributed by atoms with Crippen LogP contribution < -0.4 is 14.8 Å². The summed E-state index contributed by atoms with van der Waals surface area (Å²) in [5.74, 6) is 1.41. The van der Waals surface area contributed by atoms with E-state index in [0.29, 0.717) is 35.6 Å². The molecule has 0 radical (unpaired) electrons. The van der Waals surface area contributed by atoms with E-state index in [1.165, 1.54) is 12.8 Å². The first-order chi connectivity index (χ1) is 11.1. The van der Waals surface area contributed by atoms with E-state index < -0.39 is 0 Å². The van der Waals surface area contributed by atoms with Crippen LogP contribution >= 0.6 is 0 Å². The molecule has 1 aliphatic heterocycles. The molecule has 0 aliphatic carbocycles. The van der Waals surface area contributed by atoms with E-state index in [1.54, 1.807) is 26.4 Å². The lowest BCUT2D eigenvalue weighted by molar-refractivity contribution is 0.0921. The van der Waals surface area contributed by atoms with E-state index >= 15 is 0 Å². The number of carbonyl (C=O) groups excluding carboxylic acids is 1. The molecule has 1 amide bonds. The van der Waals surface area contributed by atoms with Crippen LogP contribution in [0.3, 0.4) is 0 Å². The lowest BCUT2D eigenvalue weighted by atomic mass is 10.0. The molecule has 1 N–H and O–H groups in total. The lowest BCUT2D eigenvalue weighted by Gasteiger charge is -2.31. The summed E-state index contributed by atoms with van der Waals surface area (Å²) < 4.78 is 10.6. The monoisotopic (exact) mass is 320 g/mol. The van der Waals surface area contributed by atoms with Gasteiger partial charge in [-0.25, -0.2) is 0 Å². The van der Waals surface area contributed by atoms with Crippen molar-refractivity contribution in [1.82, 2.24) is 10.2 Å². The Balaban J connectivity index is 2.09. The molecule has 128 valence electrons. The Morgan fingerprint density at radius 3 is 2.22 bits per heavy atom. The number of nitrogens with zero attached hydrogens (tertiary/aromatic N) is 1. The van der Waals surface area contributed by atoms with Gasteiger partial charge >= 0.3 is 0 Å². The average molecular weight is 320 g/mol. The Morgan fingerprint density at radius 2 is 1.74 bits per heavy atom. The zero-order valence-electron chi connectivity index (χ0n) is 14.6. The highest BCUT2D eigenvalue weighted by atomic mass is 16.5. The van der Waals surface area contributed by atoms with Crippen LogP contribution in [0.1, 0.15) is 37.0 Å². The van der Waals surface area contributed by atoms with Crippen LogP contribution in [0.2, 0.25) is 0 Å². The minimum atomic E-state index is -0.149. The molecule has 5 nitrogen and oxygen atoms in total. The number of rotatable bonds is 7. The van der Waals surface area contributed by atoms with Gasteiger partial charge in [0, 0.05) is 12.6 Å². The topological polar surface area (TPSA) is 50.8 Å². The second-order valence-corrected chi connectivity index (χ2v) is 6.30. The van der Waals surface area contributed by atoms with Crippen LogP contribution in [0, 0.1) is 5.92 Å². The van der Waals surface area contributed by atoms with Crippen molar-refractivity contribution in [2.24, 2.45) is 5.92 Å². The number of likely N-dealkylation sites (tertiary alicyclic amines) is 1. The molecule has 23 heavy (non-hydrogen) atoms. The molecule has 2 rings (SSSR count). The Hall–Kier alpha value is -1.75. The number of nitrogens with one attached hydrogen (secondary N) is 1. The molecule has 1 saturated heterocycles. The van der Waals surface area contributed by atoms with E-state index in [4.69, 9.17) is 9.47 Å². The fourth-order valence-corrected chi connectivity index (χ4v) is 3.22. The molecule has 1 heterocycles. The molecule has 5 heteroatoms. The highest BCUT2D eigenvalue weighted by Gasteiger charge is 2.26. The normalized spacial score (nSPS) is 16.4. The van der Waals surface area contributed by atoms with Crippen molar-refractivity contribution in [1.29, 1.82) is 0 Å². The van der Waals surface area contributed by atoms with Gasteiger partial charge in [-0.15, -0.1) is 0 Å². The second kappa shape index (κ2) is 8.20. The maximum absolute atomic E-state index is 12.7. The second-order valence-electron chi connectivity index (χ2n) is 6.30. The van der Waals surface area contributed by atoms with Crippen molar-refractivity contribution in [3.63, 3.8) is 0 Å². The SMILES string of the molecule is COc1cccc(OC)c1C(=O)NCC(C(C)C)N1CCCC1. The number of amides is 1. The maximum atomic E-state index is 12.7. The van der Waals surface area contributed by atoms with E-state index in [2.05, 4.69) is 24.1 Å². The van der Waals surface area contributed by atoms with Gasteiger partial charge in [0.05, 0.1) is 14.2 Å².